The summed E-state index contributed by atoms with van der Waals surface area (Å²) in [7, 11) is 2.01. The molecule has 0 spiro atoms. The van der Waals surface area contributed by atoms with Crippen LogP contribution in [0, 0.1) is 13.8 Å². The summed E-state index contributed by atoms with van der Waals surface area (Å²) < 4.78 is 3.85. The minimum absolute atomic E-state index is 0.658. The van der Waals surface area contributed by atoms with Gasteiger partial charge < -0.3 is 9.88 Å². The van der Waals surface area contributed by atoms with Crippen LogP contribution in [0.3, 0.4) is 0 Å². The molecule has 0 atom stereocenters. The zero-order valence-corrected chi connectivity index (χ0v) is 14.0. The zero-order chi connectivity index (χ0) is 16.7. The van der Waals surface area contributed by atoms with Gasteiger partial charge in [0.05, 0.1) is 11.0 Å². The smallest absolute Gasteiger partial charge is 0.252 e. The van der Waals surface area contributed by atoms with Crippen LogP contribution in [0.1, 0.15) is 17.2 Å². The topological polar surface area (TPSA) is 72.9 Å². The molecule has 0 bridgehead atoms. The van der Waals surface area contributed by atoms with E-state index < -0.39 is 0 Å². The Bertz CT molecular complexity index is 1030. The highest BCUT2D eigenvalue weighted by atomic mass is 15.3. The predicted octanol–water partition coefficient (Wildman–Crippen LogP) is 2.28. The molecular formula is C17H19N7. The largest absolute Gasteiger partial charge is 0.355 e. The molecule has 3 heterocycles. The molecule has 0 aliphatic rings. The molecule has 4 aromatic rings. The molecule has 4 rings (SSSR count). The van der Waals surface area contributed by atoms with E-state index >= 15 is 0 Å². The van der Waals surface area contributed by atoms with Gasteiger partial charge in [0.1, 0.15) is 0 Å². The van der Waals surface area contributed by atoms with Crippen molar-refractivity contribution < 1.29 is 0 Å². The maximum absolute atomic E-state index is 4.61. The van der Waals surface area contributed by atoms with Crippen LogP contribution >= 0.6 is 0 Å². The van der Waals surface area contributed by atoms with Crippen molar-refractivity contribution in [3.05, 3.63) is 47.5 Å². The van der Waals surface area contributed by atoms with Gasteiger partial charge in [0.15, 0.2) is 5.82 Å². The number of hydrogen-bond acceptors (Lipinski definition) is 5. The Kier molecular flexibility index (Phi) is 3.41. The fourth-order valence-electron chi connectivity index (χ4n) is 2.90. The molecule has 3 aromatic heterocycles. The van der Waals surface area contributed by atoms with Crippen molar-refractivity contribution in [2.75, 3.05) is 11.9 Å². The van der Waals surface area contributed by atoms with Gasteiger partial charge in [-0.1, -0.05) is 12.1 Å². The minimum atomic E-state index is 0.658. The molecule has 0 aliphatic heterocycles. The summed E-state index contributed by atoms with van der Waals surface area (Å²) in [6, 6.07) is 10.1. The fourth-order valence-corrected chi connectivity index (χ4v) is 2.90. The lowest BCUT2D eigenvalue weighted by atomic mass is 10.3. The average molecular weight is 321 g/mol. The third kappa shape index (κ3) is 2.47. The molecule has 0 saturated heterocycles. The Hall–Kier alpha value is -2.96. The Labute approximate surface area is 139 Å². The summed E-state index contributed by atoms with van der Waals surface area (Å²) >= 11 is 0. The van der Waals surface area contributed by atoms with Gasteiger partial charge >= 0.3 is 0 Å². The third-order valence-corrected chi connectivity index (χ3v) is 4.08. The van der Waals surface area contributed by atoms with Crippen LogP contribution in [0.15, 0.2) is 30.3 Å². The predicted molar refractivity (Wildman–Crippen MR) is 93.2 cm³/mol. The normalized spacial score (nSPS) is 11.5. The number of imidazole rings is 1. The molecule has 24 heavy (non-hydrogen) atoms. The lowest BCUT2D eigenvalue weighted by Crippen LogP contribution is -2.10. The van der Waals surface area contributed by atoms with E-state index in [2.05, 4.69) is 36.0 Å². The number of para-hydroxylation sites is 2. The number of anilines is 1. The maximum Gasteiger partial charge on any atom is 0.252 e. The van der Waals surface area contributed by atoms with Gasteiger partial charge in [-0.05, 0) is 32.0 Å². The van der Waals surface area contributed by atoms with Crippen molar-refractivity contribution in [2.45, 2.75) is 20.3 Å². The second-order valence-corrected chi connectivity index (χ2v) is 5.94. The van der Waals surface area contributed by atoms with Crippen LogP contribution in [0.4, 0.5) is 5.95 Å². The van der Waals surface area contributed by atoms with Crippen LogP contribution in [-0.2, 0) is 13.5 Å². The van der Waals surface area contributed by atoms with Crippen molar-refractivity contribution >= 4 is 22.8 Å². The summed E-state index contributed by atoms with van der Waals surface area (Å²) in [6.45, 7) is 4.69. The highest BCUT2D eigenvalue weighted by Crippen LogP contribution is 2.17. The van der Waals surface area contributed by atoms with E-state index in [1.807, 2.05) is 45.2 Å². The van der Waals surface area contributed by atoms with Gasteiger partial charge in [-0.2, -0.15) is 4.98 Å². The number of hydrogen-bond donors (Lipinski definition) is 1. The molecular weight excluding hydrogens is 302 g/mol. The third-order valence-electron chi connectivity index (χ3n) is 4.08. The molecule has 0 unspecified atom stereocenters. The number of benzene rings is 1. The highest BCUT2D eigenvalue weighted by Gasteiger charge is 2.09. The SMILES string of the molecule is Cc1cc(C)n2nc(CCNc3nc4ccccc4n3C)nc2n1. The molecule has 0 saturated carbocycles. The monoisotopic (exact) mass is 321 g/mol. The Balaban J connectivity index is 1.50. The summed E-state index contributed by atoms with van der Waals surface area (Å²) in [4.78, 5) is 13.5. The van der Waals surface area contributed by atoms with Crippen LogP contribution in [0.5, 0.6) is 0 Å². The Morgan fingerprint density at radius 3 is 2.75 bits per heavy atom. The summed E-state index contributed by atoms with van der Waals surface area (Å²) in [5.74, 6) is 2.29. The molecule has 0 fully saturated rings. The first-order valence-corrected chi connectivity index (χ1v) is 7.97. The van der Waals surface area contributed by atoms with Gasteiger partial charge in [0.2, 0.25) is 5.95 Å². The van der Waals surface area contributed by atoms with Crippen molar-refractivity contribution in [1.29, 1.82) is 0 Å². The highest BCUT2D eigenvalue weighted by molar-refractivity contribution is 5.78. The number of nitrogens with one attached hydrogen (secondary N) is 1. The van der Waals surface area contributed by atoms with E-state index in [1.54, 1.807) is 4.52 Å². The molecule has 7 nitrogen and oxygen atoms in total. The van der Waals surface area contributed by atoms with E-state index in [4.69, 9.17) is 0 Å². The summed E-state index contributed by atoms with van der Waals surface area (Å²) in [5, 5.41) is 7.89. The number of aryl methyl sites for hydroxylation is 3. The fraction of sp³-hybridized carbons (Fsp3) is 0.294. The number of aromatic nitrogens is 6. The van der Waals surface area contributed by atoms with E-state index in [-0.39, 0.29) is 0 Å². The van der Waals surface area contributed by atoms with Gasteiger partial charge in [0, 0.05) is 31.4 Å². The van der Waals surface area contributed by atoms with Gasteiger partial charge in [-0.25, -0.2) is 14.5 Å². The van der Waals surface area contributed by atoms with Crippen molar-refractivity contribution in [3.8, 4) is 0 Å². The van der Waals surface area contributed by atoms with E-state index in [0.717, 1.165) is 34.2 Å². The lowest BCUT2D eigenvalue weighted by molar-refractivity contribution is 0.826. The van der Waals surface area contributed by atoms with Crippen LogP contribution in [0.25, 0.3) is 16.8 Å². The van der Waals surface area contributed by atoms with Gasteiger partial charge in [0.25, 0.3) is 5.78 Å². The van der Waals surface area contributed by atoms with E-state index in [0.29, 0.717) is 18.7 Å². The quantitative estimate of drug-likeness (QED) is 0.624. The maximum atomic E-state index is 4.61. The first-order chi connectivity index (χ1) is 11.6. The first kappa shape index (κ1) is 14.6. The Morgan fingerprint density at radius 1 is 1.08 bits per heavy atom. The van der Waals surface area contributed by atoms with E-state index in [1.165, 1.54) is 0 Å². The van der Waals surface area contributed by atoms with Crippen molar-refractivity contribution in [3.63, 3.8) is 0 Å². The van der Waals surface area contributed by atoms with E-state index in [9.17, 15) is 0 Å². The summed E-state index contributed by atoms with van der Waals surface area (Å²) in [5.41, 5.74) is 4.10. The van der Waals surface area contributed by atoms with Gasteiger partial charge in [-0.3, -0.25) is 0 Å². The van der Waals surface area contributed by atoms with Crippen molar-refractivity contribution in [2.24, 2.45) is 7.05 Å². The molecule has 1 aromatic carbocycles. The number of rotatable bonds is 4. The van der Waals surface area contributed by atoms with Crippen molar-refractivity contribution in [1.82, 2.24) is 29.1 Å². The second kappa shape index (κ2) is 5.59. The zero-order valence-electron chi connectivity index (χ0n) is 14.0. The molecule has 7 heteroatoms. The molecule has 0 amide bonds. The van der Waals surface area contributed by atoms with Gasteiger partial charge in [-0.15, -0.1) is 5.10 Å². The van der Waals surface area contributed by atoms with Crippen LogP contribution in [0.2, 0.25) is 0 Å². The first-order valence-electron chi connectivity index (χ1n) is 7.97. The standard InChI is InChI=1S/C17H19N7/c1-11-10-12(2)24-17(19-11)21-15(22-24)8-9-18-16-20-13-6-4-5-7-14(13)23(16)3/h4-7,10H,8-9H2,1-3H3,(H,18,20). The minimum Gasteiger partial charge on any atom is -0.355 e. The lowest BCUT2D eigenvalue weighted by Gasteiger charge is -2.04. The number of fused-ring (bicyclic) bond motifs is 2. The molecule has 0 aliphatic carbocycles. The molecule has 1 N–H and O–H groups in total. The van der Waals surface area contributed by atoms with Crippen LogP contribution in [-0.4, -0.2) is 35.7 Å². The Morgan fingerprint density at radius 2 is 1.92 bits per heavy atom. The molecule has 0 radical (unpaired) electrons. The van der Waals surface area contributed by atoms with Crippen LogP contribution < -0.4 is 5.32 Å². The molecule has 122 valence electrons. The second-order valence-electron chi connectivity index (χ2n) is 5.94. The number of nitrogens with zero attached hydrogens (tertiary/aromatic N) is 6. The average Bonchev–Trinajstić information content (AvgIpc) is 3.10. The summed E-state index contributed by atoms with van der Waals surface area (Å²) in [6.07, 6.45) is 0.713.